The van der Waals surface area contributed by atoms with Crippen LogP contribution < -0.4 is 5.32 Å². The number of nitrogens with one attached hydrogen (secondary N) is 1. The summed E-state index contributed by atoms with van der Waals surface area (Å²) in [6.07, 6.45) is 0.796. The second-order valence-corrected chi connectivity index (χ2v) is 5.85. The SMILES string of the molecule is CC1(C)CNC(=O)c2sc(Cl)nc2C1. The highest BCUT2D eigenvalue weighted by atomic mass is 35.5. The molecule has 1 amide bonds. The summed E-state index contributed by atoms with van der Waals surface area (Å²) >= 11 is 7.04. The van der Waals surface area contributed by atoms with Crippen LogP contribution in [0.25, 0.3) is 0 Å². The molecular formula is C9H11ClN2OS. The minimum atomic E-state index is -0.0463. The maximum absolute atomic E-state index is 11.6. The van der Waals surface area contributed by atoms with E-state index in [0.717, 1.165) is 12.1 Å². The highest BCUT2D eigenvalue weighted by molar-refractivity contribution is 7.17. The first-order chi connectivity index (χ1) is 6.48. The molecule has 76 valence electrons. The molecular weight excluding hydrogens is 220 g/mol. The van der Waals surface area contributed by atoms with E-state index < -0.39 is 0 Å². The molecule has 14 heavy (non-hydrogen) atoms. The molecule has 1 aromatic rings. The van der Waals surface area contributed by atoms with Gasteiger partial charge in [0.1, 0.15) is 4.88 Å². The fourth-order valence-corrected chi connectivity index (χ4v) is 2.59. The van der Waals surface area contributed by atoms with Crippen LogP contribution in [0, 0.1) is 5.41 Å². The lowest BCUT2D eigenvalue weighted by molar-refractivity contribution is 0.0948. The second-order valence-electron chi connectivity index (χ2n) is 4.27. The van der Waals surface area contributed by atoms with Crippen molar-refractivity contribution in [1.29, 1.82) is 0 Å². The number of halogens is 1. The third kappa shape index (κ3) is 1.77. The Bertz CT molecular complexity index is 386. The van der Waals surface area contributed by atoms with Crippen LogP contribution in [-0.4, -0.2) is 17.4 Å². The van der Waals surface area contributed by atoms with E-state index >= 15 is 0 Å². The van der Waals surface area contributed by atoms with Gasteiger partial charge in [-0.05, 0) is 11.8 Å². The summed E-state index contributed by atoms with van der Waals surface area (Å²) in [5, 5.41) is 2.88. The smallest absolute Gasteiger partial charge is 0.263 e. The van der Waals surface area contributed by atoms with E-state index in [-0.39, 0.29) is 11.3 Å². The number of carbonyl (C=O) groups is 1. The first-order valence-electron chi connectivity index (χ1n) is 4.41. The summed E-state index contributed by atoms with van der Waals surface area (Å²) in [7, 11) is 0. The van der Waals surface area contributed by atoms with Gasteiger partial charge in [-0.2, -0.15) is 0 Å². The molecule has 1 N–H and O–H groups in total. The summed E-state index contributed by atoms with van der Waals surface area (Å²) in [5.41, 5.74) is 0.887. The Hall–Kier alpha value is -0.610. The molecule has 3 nitrogen and oxygen atoms in total. The Balaban J connectivity index is 2.45. The lowest BCUT2D eigenvalue weighted by Gasteiger charge is -2.20. The van der Waals surface area contributed by atoms with Crippen molar-refractivity contribution < 1.29 is 4.79 Å². The van der Waals surface area contributed by atoms with Gasteiger partial charge in [0.25, 0.3) is 5.91 Å². The molecule has 0 saturated carbocycles. The fraction of sp³-hybridized carbons (Fsp3) is 0.556. The van der Waals surface area contributed by atoms with Crippen molar-refractivity contribution in [2.45, 2.75) is 20.3 Å². The van der Waals surface area contributed by atoms with Crippen molar-refractivity contribution in [2.24, 2.45) is 5.41 Å². The normalized spacial score (nSPS) is 19.8. The quantitative estimate of drug-likeness (QED) is 0.742. The topological polar surface area (TPSA) is 42.0 Å². The van der Waals surface area contributed by atoms with Gasteiger partial charge in [-0.1, -0.05) is 36.8 Å². The largest absolute Gasteiger partial charge is 0.351 e. The highest BCUT2D eigenvalue weighted by Gasteiger charge is 2.29. The number of amides is 1. The average Bonchev–Trinajstić information content (AvgIpc) is 2.37. The minimum Gasteiger partial charge on any atom is -0.351 e. The van der Waals surface area contributed by atoms with Gasteiger partial charge in [-0.3, -0.25) is 4.79 Å². The number of thiazole rings is 1. The minimum absolute atomic E-state index is 0.0463. The zero-order valence-corrected chi connectivity index (χ0v) is 9.63. The van der Waals surface area contributed by atoms with E-state index in [0.29, 0.717) is 15.9 Å². The first-order valence-corrected chi connectivity index (χ1v) is 5.61. The number of rotatable bonds is 0. The zero-order valence-electron chi connectivity index (χ0n) is 8.06. The maximum atomic E-state index is 11.6. The van der Waals surface area contributed by atoms with Crippen molar-refractivity contribution in [3.05, 3.63) is 15.0 Å². The standard InChI is InChI=1S/C9H11ClN2OS/c1-9(2)3-5-6(7(13)11-4-9)14-8(10)12-5/h3-4H2,1-2H3,(H,11,13). The molecule has 1 aliphatic rings. The molecule has 1 aliphatic heterocycles. The van der Waals surface area contributed by atoms with Gasteiger partial charge in [0.05, 0.1) is 5.69 Å². The number of hydrogen-bond donors (Lipinski definition) is 1. The second kappa shape index (κ2) is 3.21. The summed E-state index contributed by atoms with van der Waals surface area (Å²) < 4.78 is 0.447. The summed E-state index contributed by atoms with van der Waals surface area (Å²) in [6.45, 7) is 4.90. The molecule has 0 atom stereocenters. The third-order valence-electron chi connectivity index (χ3n) is 2.25. The zero-order chi connectivity index (χ0) is 10.3. The van der Waals surface area contributed by atoms with Crippen molar-refractivity contribution in [2.75, 3.05) is 6.54 Å². The number of carbonyl (C=O) groups excluding carboxylic acids is 1. The van der Waals surface area contributed by atoms with Gasteiger partial charge in [-0.25, -0.2) is 4.98 Å². The van der Waals surface area contributed by atoms with Crippen LogP contribution >= 0.6 is 22.9 Å². The number of nitrogens with zero attached hydrogens (tertiary/aromatic N) is 1. The molecule has 0 unspecified atom stereocenters. The van der Waals surface area contributed by atoms with Gasteiger partial charge in [0.15, 0.2) is 4.47 Å². The molecule has 0 aliphatic carbocycles. The predicted octanol–water partition coefficient (Wildman–Crippen LogP) is 2.11. The van der Waals surface area contributed by atoms with Crippen LogP contribution in [0.4, 0.5) is 0 Å². The Kier molecular flexibility index (Phi) is 2.27. The molecule has 1 aromatic heterocycles. The molecule has 0 aromatic carbocycles. The Morgan fingerprint density at radius 1 is 1.57 bits per heavy atom. The van der Waals surface area contributed by atoms with Gasteiger partial charge in [0.2, 0.25) is 0 Å². The summed E-state index contributed by atoms with van der Waals surface area (Å²) in [5.74, 6) is -0.0463. The maximum Gasteiger partial charge on any atom is 0.263 e. The van der Waals surface area contributed by atoms with Gasteiger partial charge in [0, 0.05) is 6.54 Å². The highest BCUT2D eigenvalue weighted by Crippen LogP contribution is 2.30. The lowest BCUT2D eigenvalue weighted by Crippen LogP contribution is -2.31. The van der Waals surface area contributed by atoms with Crippen molar-refractivity contribution >= 4 is 28.8 Å². The van der Waals surface area contributed by atoms with Crippen LogP contribution in [0.5, 0.6) is 0 Å². The molecule has 0 bridgehead atoms. The Labute approximate surface area is 91.5 Å². The van der Waals surface area contributed by atoms with E-state index in [9.17, 15) is 4.79 Å². The third-order valence-corrected chi connectivity index (χ3v) is 3.45. The lowest BCUT2D eigenvalue weighted by atomic mass is 9.88. The molecule has 0 saturated heterocycles. The van der Waals surface area contributed by atoms with Gasteiger partial charge < -0.3 is 5.32 Å². The molecule has 0 radical (unpaired) electrons. The van der Waals surface area contributed by atoms with Crippen molar-refractivity contribution in [3.8, 4) is 0 Å². The van der Waals surface area contributed by atoms with Crippen LogP contribution in [0.1, 0.15) is 29.2 Å². The summed E-state index contributed by atoms with van der Waals surface area (Å²) in [4.78, 5) is 16.5. The first kappa shape index (κ1) is 9.93. The van der Waals surface area contributed by atoms with E-state index in [1.165, 1.54) is 11.3 Å². The van der Waals surface area contributed by atoms with E-state index in [1.807, 2.05) is 0 Å². The molecule has 2 heterocycles. The van der Waals surface area contributed by atoms with Gasteiger partial charge >= 0.3 is 0 Å². The number of fused-ring (bicyclic) bond motifs is 1. The van der Waals surface area contributed by atoms with E-state index in [4.69, 9.17) is 11.6 Å². The van der Waals surface area contributed by atoms with Crippen molar-refractivity contribution in [3.63, 3.8) is 0 Å². The van der Waals surface area contributed by atoms with E-state index in [1.54, 1.807) is 0 Å². The molecule has 0 spiro atoms. The van der Waals surface area contributed by atoms with Crippen LogP contribution in [0.15, 0.2) is 0 Å². The molecule has 2 rings (SSSR count). The van der Waals surface area contributed by atoms with Gasteiger partial charge in [-0.15, -0.1) is 0 Å². The monoisotopic (exact) mass is 230 g/mol. The fourth-order valence-electron chi connectivity index (χ4n) is 1.54. The van der Waals surface area contributed by atoms with Crippen molar-refractivity contribution in [1.82, 2.24) is 10.3 Å². The summed E-state index contributed by atoms with van der Waals surface area (Å²) in [6, 6.07) is 0. The Morgan fingerprint density at radius 3 is 3.00 bits per heavy atom. The van der Waals surface area contributed by atoms with Crippen LogP contribution in [-0.2, 0) is 6.42 Å². The molecule has 5 heteroatoms. The Morgan fingerprint density at radius 2 is 2.29 bits per heavy atom. The number of aromatic nitrogens is 1. The predicted molar refractivity (Wildman–Crippen MR) is 56.9 cm³/mol. The van der Waals surface area contributed by atoms with E-state index in [2.05, 4.69) is 24.1 Å². The number of hydrogen-bond acceptors (Lipinski definition) is 3. The van der Waals surface area contributed by atoms with Crippen LogP contribution in [0.3, 0.4) is 0 Å². The average molecular weight is 231 g/mol. The molecule has 0 fully saturated rings. The van der Waals surface area contributed by atoms with Crippen LogP contribution in [0.2, 0.25) is 4.47 Å².